The molecule has 0 saturated heterocycles. The van der Waals surface area contributed by atoms with Gasteiger partial charge in [0.15, 0.2) is 39.3 Å². The number of halogens is 1. The van der Waals surface area contributed by atoms with E-state index in [-0.39, 0.29) is 57.4 Å². The van der Waals surface area contributed by atoms with Crippen molar-refractivity contribution >= 4 is 50.9 Å². The zero-order valence-electron chi connectivity index (χ0n) is 46.0. The van der Waals surface area contributed by atoms with Gasteiger partial charge in [-0.25, -0.2) is 33.7 Å². The second-order valence-corrected chi connectivity index (χ2v) is 32.2. The first kappa shape index (κ1) is 61.1. The van der Waals surface area contributed by atoms with Gasteiger partial charge in [-0.15, -0.1) is 0 Å². The Balaban J connectivity index is 0.000000172. The lowest BCUT2D eigenvalue weighted by Crippen LogP contribution is -2.23. The smallest absolute Gasteiger partial charge is 0.175 e. The van der Waals surface area contributed by atoms with Gasteiger partial charge in [-0.1, -0.05) is 78.3 Å². The fraction of sp³-hybridized carbons (Fsp3) is 0.403. The number of hydrogen-bond donors (Lipinski definition) is 1. The summed E-state index contributed by atoms with van der Waals surface area (Å²) in [5.74, 6) is 2.79. The van der Waals surface area contributed by atoms with Gasteiger partial charge in [-0.3, -0.25) is 0 Å². The highest BCUT2D eigenvalue weighted by molar-refractivity contribution is 7.92. The van der Waals surface area contributed by atoms with Gasteiger partial charge in [0.1, 0.15) is 29.9 Å². The molecule has 0 saturated carbocycles. The predicted molar refractivity (Wildman–Crippen MR) is 314 cm³/mol. The van der Waals surface area contributed by atoms with E-state index in [1.165, 1.54) is 22.9 Å². The lowest BCUT2D eigenvalue weighted by molar-refractivity contribution is 0.281. The van der Waals surface area contributed by atoms with Gasteiger partial charge in [0.2, 0.25) is 0 Å². The molecule has 12 nitrogen and oxygen atoms in total. The highest BCUT2D eigenvalue weighted by Crippen LogP contribution is 2.38. The fourth-order valence-electron chi connectivity index (χ4n) is 10.3. The van der Waals surface area contributed by atoms with Crippen LogP contribution in [0.5, 0.6) is 17.2 Å². The molecule has 422 valence electrons. The summed E-state index contributed by atoms with van der Waals surface area (Å²) >= 11 is 6.05. The number of fused-ring (bicyclic) bond motifs is 3. The Morgan fingerprint density at radius 3 is 1.75 bits per heavy atom. The first-order valence-corrected chi connectivity index (χ1v) is 34.1. The monoisotopic (exact) mass is 1170 g/mol. The average molecular weight is 1170 g/mol. The molecule has 0 aliphatic heterocycles. The SMILES string of the molecule is CC(C)S(=O)(=O)CC1CCc2cc(COc3ccccc3C#N)ccc21.CC(C)S(=O)(=O)CC1CCc2cc(Cc3cccc(S(C)(=O)=O)c3)ccc21.CC(C)S(=O)(=O)C[C@H]1Cc2ccc(Oc3cc(Cl)cc(CO)c3)cc2C1. The van der Waals surface area contributed by atoms with Crippen LogP contribution >= 0.6 is 11.6 Å². The maximum atomic E-state index is 12.3. The maximum Gasteiger partial charge on any atom is 0.175 e. The Kier molecular flexibility index (Phi) is 20.0. The minimum Gasteiger partial charge on any atom is -0.488 e. The third kappa shape index (κ3) is 16.3. The molecular formula is C62H72ClNO11S4. The van der Waals surface area contributed by atoms with Gasteiger partial charge >= 0.3 is 0 Å². The van der Waals surface area contributed by atoms with Crippen molar-refractivity contribution in [3.63, 3.8) is 0 Å². The molecule has 79 heavy (non-hydrogen) atoms. The zero-order valence-corrected chi connectivity index (χ0v) is 50.0. The van der Waals surface area contributed by atoms with Crippen LogP contribution in [-0.4, -0.2) is 78.0 Å². The molecule has 9 rings (SSSR count). The summed E-state index contributed by atoms with van der Waals surface area (Å²) in [6, 6.07) is 39.7. The van der Waals surface area contributed by atoms with Crippen molar-refractivity contribution in [2.24, 2.45) is 5.92 Å². The Morgan fingerprint density at radius 2 is 1.15 bits per heavy atom. The lowest BCUT2D eigenvalue weighted by atomic mass is 9.98. The number of aryl methyl sites for hydroxylation is 2. The summed E-state index contributed by atoms with van der Waals surface area (Å²) in [6.45, 7) is 10.7. The summed E-state index contributed by atoms with van der Waals surface area (Å²) in [7, 11) is -12.4. The van der Waals surface area contributed by atoms with Crippen molar-refractivity contribution in [3.05, 3.63) is 188 Å². The van der Waals surface area contributed by atoms with Crippen LogP contribution in [0.1, 0.15) is 127 Å². The normalized spacial score (nSPS) is 16.8. The number of nitrogens with zero attached hydrogens (tertiary/aromatic N) is 1. The zero-order chi connectivity index (χ0) is 57.5. The molecule has 0 spiro atoms. The van der Waals surface area contributed by atoms with E-state index in [1.54, 1.807) is 90.1 Å². The van der Waals surface area contributed by atoms with E-state index in [1.807, 2.05) is 54.6 Å². The standard InChI is InChI=1S/C21H23NO3S.C21H26O4S2.C20H23ClO4S/c1-15(2)26(23,24)14-19-9-8-17-11-16(7-10-20(17)19)13-25-21-6-4-3-5-18(21)12-22;1-15(2)27(24,25)14-19-9-8-18-12-17(7-10-21(18)19)11-16-5-4-6-20(13-16)26(3,22)23;1-13(2)26(23,24)12-15-5-16-3-4-19(9-17(16)6-15)25-20-8-14(11-22)7-18(21)10-20/h3-7,10-11,15,19H,8-9,13-14H2,1-2H3;4-7,10,12-13,15,19H,8-9,11,14H2,1-3H3;3-4,7-10,13,15,22H,5-6,11-12H2,1-2H3/t;;15-/m..0/s1. The van der Waals surface area contributed by atoms with Crippen molar-refractivity contribution in [2.45, 2.75) is 132 Å². The minimum absolute atomic E-state index is 0.0787. The molecule has 0 heterocycles. The van der Waals surface area contributed by atoms with Gasteiger partial charge in [-0.05, 0) is 214 Å². The Morgan fingerprint density at radius 1 is 0.582 bits per heavy atom. The average Bonchev–Trinajstić information content (AvgIpc) is 4.10. The number of rotatable bonds is 18. The predicted octanol–water partition coefficient (Wildman–Crippen LogP) is 11.7. The Bertz CT molecular complexity index is 3660. The van der Waals surface area contributed by atoms with Crippen molar-refractivity contribution in [1.82, 2.24) is 0 Å². The van der Waals surface area contributed by atoms with Gasteiger partial charge in [0, 0.05) is 11.3 Å². The Labute approximate surface area is 473 Å². The van der Waals surface area contributed by atoms with E-state index in [0.717, 1.165) is 71.9 Å². The van der Waals surface area contributed by atoms with E-state index in [9.17, 15) is 38.8 Å². The van der Waals surface area contributed by atoms with Crippen LogP contribution in [0.4, 0.5) is 0 Å². The van der Waals surface area contributed by atoms with Crippen molar-refractivity contribution < 1.29 is 48.3 Å². The molecular weight excluding hydrogens is 1100 g/mol. The van der Waals surface area contributed by atoms with Crippen molar-refractivity contribution in [1.29, 1.82) is 5.26 Å². The van der Waals surface area contributed by atoms with Crippen LogP contribution in [-0.2, 0) is 84.7 Å². The summed E-state index contributed by atoms with van der Waals surface area (Å²) < 4.78 is 109. The van der Waals surface area contributed by atoms with Gasteiger partial charge in [0.05, 0.1) is 50.1 Å². The molecule has 2 unspecified atom stereocenters. The minimum atomic E-state index is -3.22. The van der Waals surface area contributed by atoms with Crippen LogP contribution in [0, 0.1) is 17.2 Å². The van der Waals surface area contributed by atoms with Crippen LogP contribution < -0.4 is 9.47 Å². The van der Waals surface area contributed by atoms with Crippen LogP contribution in [0.15, 0.2) is 126 Å². The molecule has 0 amide bonds. The number of aliphatic hydroxyl groups is 1. The molecule has 0 radical (unpaired) electrons. The first-order chi connectivity index (χ1) is 37.2. The third-order valence-corrected chi connectivity index (χ3v) is 23.3. The molecule has 0 aromatic heterocycles. The molecule has 6 aromatic carbocycles. The maximum absolute atomic E-state index is 12.3. The first-order valence-electron chi connectivity index (χ1n) is 26.7. The van der Waals surface area contributed by atoms with Gasteiger partial charge < -0.3 is 14.6 Å². The quantitative estimate of drug-likeness (QED) is 0.0855. The number of para-hydroxylation sites is 1. The van der Waals surface area contributed by atoms with Crippen molar-refractivity contribution in [3.8, 4) is 23.3 Å². The lowest BCUT2D eigenvalue weighted by Gasteiger charge is -2.15. The molecule has 1 N–H and O–H groups in total. The third-order valence-electron chi connectivity index (χ3n) is 15.0. The summed E-state index contributed by atoms with van der Waals surface area (Å²) in [6.07, 6.45) is 6.94. The molecule has 6 aromatic rings. The van der Waals surface area contributed by atoms with Gasteiger partial charge in [-0.2, -0.15) is 5.26 Å². The van der Waals surface area contributed by atoms with E-state index < -0.39 is 39.3 Å². The van der Waals surface area contributed by atoms with Crippen LogP contribution in [0.3, 0.4) is 0 Å². The molecule has 17 heteroatoms. The van der Waals surface area contributed by atoms with E-state index in [0.29, 0.717) is 51.3 Å². The molecule has 3 aliphatic rings. The molecule has 3 atom stereocenters. The fourth-order valence-corrected chi connectivity index (χ4v) is 15.1. The van der Waals surface area contributed by atoms with Crippen LogP contribution in [0.2, 0.25) is 5.02 Å². The number of ether oxygens (including phenoxy) is 2. The number of nitriles is 1. The largest absolute Gasteiger partial charge is 0.488 e. The second kappa shape index (κ2) is 25.9. The highest BCUT2D eigenvalue weighted by Gasteiger charge is 2.32. The number of benzene rings is 6. The van der Waals surface area contributed by atoms with E-state index >= 15 is 0 Å². The number of hydrogen-bond acceptors (Lipinski definition) is 12. The molecule has 0 bridgehead atoms. The molecule has 3 aliphatic carbocycles. The highest BCUT2D eigenvalue weighted by atomic mass is 35.5. The van der Waals surface area contributed by atoms with E-state index in [4.69, 9.17) is 26.3 Å². The van der Waals surface area contributed by atoms with E-state index in [2.05, 4.69) is 24.3 Å². The summed E-state index contributed by atoms with van der Waals surface area (Å²) in [4.78, 5) is 0.333. The van der Waals surface area contributed by atoms with Gasteiger partial charge in [0.25, 0.3) is 0 Å². The number of sulfone groups is 4. The topological polar surface area (TPSA) is 199 Å². The van der Waals surface area contributed by atoms with Crippen molar-refractivity contribution in [2.75, 3.05) is 23.5 Å². The Hall–Kier alpha value is -5.54. The van der Waals surface area contributed by atoms with Crippen LogP contribution in [0.25, 0.3) is 0 Å². The number of aliphatic hydroxyl groups excluding tert-OH is 1. The summed E-state index contributed by atoms with van der Waals surface area (Å²) in [5, 5.41) is 17.9. The second-order valence-electron chi connectivity index (χ2n) is 21.9. The molecule has 0 fully saturated rings. The summed E-state index contributed by atoms with van der Waals surface area (Å²) in [5.41, 5.74) is 11.4.